The molecule has 0 atom stereocenters. The molecule has 23 heavy (non-hydrogen) atoms. The van der Waals surface area contributed by atoms with Crippen LogP contribution in [0, 0.1) is 11.3 Å². The first-order chi connectivity index (χ1) is 11.2. The fraction of sp³-hybridized carbons (Fsp3) is 0.222. The summed E-state index contributed by atoms with van der Waals surface area (Å²) in [5.41, 5.74) is 11.5. The van der Waals surface area contributed by atoms with Gasteiger partial charge in [0.15, 0.2) is 0 Å². The molecule has 0 spiro atoms. The van der Waals surface area contributed by atoms with Crippen LogP contribution in [0.3, 0.4) is 0 Å². The van der Waals surface area contributed by atoms with Crippen molar-refractivity contribution in [3.05, 3.63) is 46.5 Å². The zero-order valence-electron chi connectivity index (χ0n) is 12.8. The van der Waals surface area contributed by atoms with E-state index in [9.17, 15) is 5.26 Å². The molecule has 0 saturated heterocycles. The summed E-state index contributed by atoms with van der Waals surface area (Å²) in [7, 11) is 2.12. The van der Waals surface area contributed by atoms with Crippen LogP contribution in [0.4, 0.5) is 5.69 Å². The number of benzene rings is 1. The second kappa shape index (κ2) is 5.34. The number of thiophene rings is 1. The number of nitrogens with zero attached hydrogens (tertiary/aromatic N) is 3. The number of pyridine rings is 1. The number of nitrogens with two attached hydrogens (primary N) is 1. The van der Waals surface area contributed by atoms with Gasteiger partial charge in [0.1, 0.15) is 15.8 Å². The summed E-state index contributed by atoms with van der Waals surface area (Å²) < 4.78 is 0. The van der Waals surface area contributed by atoms with Gasteiger partial charge >= 0.3 is 0 Å². The van der Waals surface area contributed by atoms with Crippen molar-refractivity contribution < 1.29 is 0 Å². The Labute approximate surface area is 138 Å². The normalized spacial score (nSPS) is 14.6. The van der Waals surface area contributed by atoms with E-state index in [4.69, 9.17) is 10.7 Å². The fourth-order valence-corrected chi connectivity index (χ4v) is 4.19. The molecule has 5 heteroatoms. The third kappa shape index (κ3) is 2.19. The molecular weight excluding hydrogens is 304 g/mol. The molecule has 0 amide bonds. The van der Waals surface area contributed by atoms with E-state index >= 15 is 0 Å². The lowest BCUT2D eigenvalue weighted by Crippen LogP contribution is -2.27. The van der Waals surface area contributed by atoms with E-state index in [1.807, 2.05) is 18.2 Å². The quantitative estimate of drug-likeness (QED) is 0.746. The largest absolute Gasteiger partial charge is 0.396 e. The average molecular weight is 320 g/mol. The standard InChI is InChI=1S/C18H16N4S/c1-22-8-7-13-12(10-22)15(11-5-3-2-4-6-11)16-17(20)14(9-19)23-18(16)21-13/h2-6H,7-8,10,20H2,1H3. The highest BCUT2D eigenvalue weighted by atomic mass is 32.1. The van der Waals surface area contributed by atoms with Gasteiger partial charge in [0.05, 0.1) is 5.69 Å². The van der Waals surface area contributed by atoms with Crippen molar-refractivity contribution >= 4 is 27.2 Å². The molecule has 4 rings (SSSR count). The molecule has 0 bridgehead atoms. The first-order valence-corrected chi connectivity index (χ1v) is 8.38. The summed E-state index contributed by atoms with van der Waals surface area (Å²) in [6.07, 6.45) is 0.932. The van der Waals surface area contributed by atoms with Crippen LogP contribution in [0.25, 0.3) is 21.3 Å². The lowest BCUT2D eigenvalue weighted by Gasteiger charge is -2.27. The van der Waals surface area contributed by atoms with Crippen molar-refractivity contribution in [1.82, 2.24) is 9.88 Å². The van der Waals surface area contributed by atoms with Gasteiger partial charge < -0.3 is 10.6 Å². The van der Waals surface area contributed by atoms with Crippen LogP contribution in [0.5, 0.6) is 0 Å². The minimum absolute atomic E-state index is 0.556. The van der Waals surface area contributed by atoms with Gasteiger partial charge in [-0.25, -0.2) is 4.98 Å². The number of hydrogen-bond acceptors (Lipinski definition) is 5. The summed E-state index contributed by atoms with van der Waals surface area (Å²) in [6, 6.07) is 12.5. The molecule has 2 N–H and O–H groups in total. The minimum Gasteiger partial charge on any atom is -0.396 e. The van der Waals surface area contributed by atoms with Gasteiger partial charge in [0.2, 0.25) is 0 Å². The van der Waals surface area contributed by atoms with Crippen LogP contribution in [0.1, 0.15) is 16.1 Å². The molecule has 3 aromatic rings. The lowest BCUT2D eigenvalue weighted by molar-refractivity contribution is 0.311. The highest BCUT2D eigenvalue weighted by Crippen LogP contribution is 2.42. The Bertz CT molecular complexity index is 937. The van der Waals surface area contributed by atoms with Crippen molar-refractivity contribution in [2.45, 2.75) is 13.0 Å². The Kier molecular flexibility index (Phi) is 3.29. The molecule has 0 fully saturated rings. The van der Waals surface area contributed by atoms with E-state index in [0.29, 0.717) is 10.6 Å². The van der Waals surface area contributed by atoms with E-state index in [0.717, 1.165) is 46.5 Å². The first kappa shape index (κ1) is 14.2. The molecule has 1 aliphatic heterocycles. The second-order valence-electron chi connectivity index (χ2n) is 5.90. The van der Waals surface area contributed by atoms with Gasteiger partial charge in [-0.2, -0.15) is 5.26 Å². The van der Waals surface area contributed by atoms with Crippen molar-refractivity contribution in [2.75, 3.05) is 19.3 Å². The molecule has 0 radical (unpaired) electrons. The summed E-state index contributed by atoms with van der Waals surface area (Å²) in [5.74, 6) is 0. The number of fused-ring (bicyclic) bond motifs is 2. The van der Waals surface area contributed by atoms with Gasteiger partial charge in [-0.05, 0) is 18.2 Å². The smallest absolute Gasteiger partial charge is 0.130 e. The predicted molar refractivity (Wildman–Crippen MR) is 94.2 cm³/mol. The number of anilines is 1. The van der Waals surface area contributed by atoms with E-state index in [1.54, 1.807) is 0 Å². The maximum atomic E-state index is 9.33. The molecule has 0 unspecified atom stereocenters. The third-order valence-electron chi connectivity index (χ3n) is 4.39. The molecule has 3 heterocycles. The number of rotatable bonds is 1. The zero-order valence-corrected chi connectivity index (χ0v) is 13.7. The van der Waals surface area contributed by atoms with Gasteiger partial charge in [0.25, 0.3) is 0 Å². The van der Waals surface area contributed by atoms with E-state index < -0.39 is 0 Å². The predicted octanol–water partition coefficient (Wildman–Crippen LogP) is 3.41. The van der Waals surface area contributed by atoms with Crippen molar-refractivity contribution in [3.63, 3.8) is 0 Å². The Balaban J connectivity index is 2.13. The Morgan fingerprint density at radius 3 is 2.83 bits per heavy atom. The maximum Gasteiger partial charge on any atom is 0.130 e. The van der Waals surface area contributed by atoms with Crippen LogP contribution in [0.15, 0.2) is 30.3 Å². The first-order valence-electron chi connectivity index (χ1n) is 7.57. The van der Waals surface area contributed by atoms with E-state index in [2.05, 4.69) is 30.1 Å². The second-order valence-corrected chi connectivity index (χ2v) is 6.90. The molecule has 4 nitrogen and oxygen atoms in total. The summed E-state index contributed by atoms with van der Waals surface area (Å²) in [5, 5.41) is 10.3. The topological polar surface area (TPSA) is 65.9 Å². The number of hydrogen-bond donors (Lipinski definition) is 1. The molecule has 1 aromatic carbocycles. The average Bonchev–Trinajstić information content (AvgIpc) is 2.89. The third-order valence-corrected chi connectivity index (χ3v) is 5.39. The summed E-state index contributed by atoms with van der Waals surface area (Å²) in [4.78, 5) is 8.56. The SMILES string of the molecule is CN1CCc2nc3sc(C#N)c(N)c3c(-c3ccccc3)c2C1. The molecule has 1 aliphatic rings. The Hall–Kier alpha value is -2.42. The van der Waals surface area contributed by atoms with Crippen LogP contribution in [-0.4, -0.2) is 23.5 Å². The van der Waals surface area contributed by atoms with Gasteiger partial charge in [0, 0.05) is 36.2 Å². The van der Waals surface area contributed by atoms with Gasteiger partial charge in [-0.1, -0.05) is 30.3 Å². The monoisotopic (exact) mass is 320 g/mol. The van der Waals surface area contributed by atoms with Crippen LogP contribution in [-0.2, 0) is 13.0 Å². The maximum absolute atomic E-state index is 9.33. The number of nitriles is 1. The number of nitrogen functional groups attached to an aromatic ring is 1. The number of likely N-dealkylation sites (N-methyl/N-ethyl adjacent to an activating group) is 1. The van der Waals surface area contributed by atoms with Gasteiger partial charge in [-0.3, -0.25) is 0 Å². The Morgan fingerprint density at radius 2 is 2.09 bits per heavy atom. The lowest BCUT2D eigenvalue weighted by atomic mass is 9.92. The molecule has 114 valence electrons. The summed E-state index contributed by atoms with van der Waals surface area (Å²) in [6.45, 7) is 1.87. The van der Waals surface area contributed by atoms with Crippen LogP contribution < -0.4 is 5.73 Å². The Morgan fingerprint density at radius 1 is 1.30 bits per heavy atom. The fourth-order valence-electron chi connectivity index (χ4n) is 3.27. The van der Waals surface area contributed by atoms with Crippen molar-refractivity contribution in [1.29, 1.82) is 5.26 Å². The minimum atomic E-state index is 0.556. The van der Waals surface area contributed by atoms with Crippen LogP contribution >= 0.6 is 11.3 Å². The molecular formula is C18H16N4S. The van der Waals surface area contributed by atoms with Crippen molar-refractivity contribution in [3.8, 4) is 17.2 Å². The molecule has 2 aromatic heterocycles. The summed E-state index contributed by atoms with van der Waals surface area (Å²) >= 11 is 1.40. The van der Waals surface area contributed by atoms with Gasteiger partial charge in [-0.15, -0.1) is 11.3 Å². The van der Waals surface area contributed by atoms with Crippen molar-refractivity contribution in [2.24, 2.45) is 0 Å². The zero-order chi connectivity index (χ0) is 16.0. The molecule has 0 saturated carbocycles. The highest BCUT2D eigenvalue weighted by molar-refractivity contribution is 7.20. The van der Waals surface area contributed by atoms with E-state index in [1.165, 1.54) is 16.9 Å². The van der Waals surface area contributed by atoms with Crippen LogP contribution in [0.2, 0.25) is 0 Å². The number of aromatic nitrogens is 1. The molecule has 0 aliphatic carbocycles. The highest BCUT2D eigenvalue weighted by Gasteiger charge is 2.25. The van der Waals surface area contributed by atoms with E-state index in [-0.39, 0.29) is 0 Å².